The Morgan fingerprint density at radius 3 is 2.00 bits per heavy atom. The molecule has 0 aliphatic carbocycles. The van der Waals surface area contributed by atoms with E-state index in [0.29, 0.717) is 5.56 Å². The van der Waals surface area contributed by atoms with Crippen LogP contribution in [0.15, 0.2) is 24.3 Å². The van der Waals surface area contributed by atoms with Crippen molar-refractivity contribution in [3.05, 3.63) is 29.8 Å². The predicted octanol–water partition coefficient (Wildman–Crippen LogP) is 3.27. The van der Waals surface area contributed by atoms with Gasteiger partial charge in [0, 0.05) is 0 Å². The van der Waals surface area contributed by atoms with E-state index in [0.717, 1.165) is 0 Å². The van der Waals surface area contributed by atoms with E-state index in [2.05, 4.69) is 4.74 Å². The van der Waals surface area contributed by atoms with E-state index in [-0.39, 0.29) is 11.7 Å². The molecule has 1 N–H and O–H groups in total. The molecule has 0 heterocycles. The van der Waals surface area contributed by atoms with E-state index in [9.17, 15) is 18.3 Å². The predicted molar refractivity (Wildman–Crippen MR) is 52.9 cm³/mol. The van der Waals surface area contributed by atoms with Gasteiger partial charge < -0.3 is 9.84 Å². The molecular weight excluding hydrogens is 221 g/mol. The fraction of sp³-hybridized carbons (Fsp3) is 0.455. The molecule has 0 spiro atoms. The topological polar surface area (TPSA) is 29.5 Å². The van der Waals surface area contributed by atoms with E-state index in [1.165, 1.54) is 24.3 Å². The zero-order valence-electron chi connectivity index (χ0n) is 8.95. The van der Waals surface area contributed by atoms with Crippen LogP contribution in [0, 0.1) is 5.92 Å². The zero-order valence-corrected chi connectivity index (χ0v) is 8.95. The summed E-state index contributed by atoms with van der Waals surface area (Å²) in [5, 5.41) is 9.66. The SMILES string of the molecule is CC(C)C(O)c1ccc(OC(F)(F)F)cc1. The Hall–Kier alpha value is -1.23. The van der Waals surface area contributed by atoms with Crippen molar-refractivity contribution in [2.75, 3.05) is 0 Å². The minimum atomic E-state index is -4.68. The molecule has 0 bridgehead atoms. The third kappa shape index (κ3) is 3.73. The van der Waals surface area contributed by atoms with E-state index >= 15 is 0 Å². The van der Waals surface area contributed by atoms with Gasteiger partial charge in [-0.05, 0) is 23.6 Å². The first-order chi connectivity index (χ1) is 7.29. The lowest BCUT2D eigenvalue weighted by Gasteiger charge is -2.15. The van der Waals surface area contributed by atoms with Crippen LogP contribution < -0.4 is 4.74 Å². The van der Waals surface area contributed by atoms with Crippen LogP contribution in [0.2, 0.25) is 0 Å². The molecule has 0 amide bonds. The largest absolute Gasteiger partial charge is 0.573 e. The second kappa shape index (κ2) is 4.74. The Morgan fingerprint density at radius 1 is 1.12 bits per heavy atom. The molecule has 1 unspecified atom stereocenters. The van der Waals surface area contributed by atoms with Crippen LogP contribution in [0.4, 0.5) is 13.2 Å². The summed E-state index contributed by atoms with van der Waals surface area (Å²) in [5.74, 6) is -0.276. The first-order valence-electron chi connectivity index (χ1n) is 4.83. The second-order valence-corrected chi connectivity index (χ2v) is 3.81. The van der Waals surface area contributed by atoms with E-state index in [1.54, 1.807) is 0 Å². The standard InChI is InChI=1S/C11H13F3O2/c1-7(2)10(15)8-3-5-9(6-4-8)16-11(12,13)14/h3-7,10,15H,1-2H3. The molecule has 5 heteroatoms. The maximum atomic E-state index is 11.9. The molecule has 0 radical (unpaired) electrons. The van der Waals surface area contributed by atoms with Gasteiger partial charge in [0.15, 0.2) is 0 Å². The van der Waals surface area contributed by atoms with Crippen molar-refractivity contribution in [3.63, 3.8) is 0 Å². The van der Waals surface area contributed by atoms with Crippen molar-refractivity contribution in [2.24, 2.45) is 5.92 Å². The van der Waals surface area contributed by atoms with E-state index in [4.69, 9.17) is 0 Å². The van der Waals surface area contributed by atoms with Crippen LogP contribution in [-0.4, -0.2) is 11.5 Å². The highest BCUT2D eigenvalue weighted by Crippen LogP contribution is 2.26. The summed E-state index contributed by atoms with van der Waals surface area (Å²) in [6.07, 6.45) is -5.36. The Balaban J connectivity index is 2.76. The van der Waals surface area contributed by atoms with Crippen molar-refractivity contribution < 1.29 is 23.0 Å². The number of benzene rings is 1. The molecular formula is C11H13F3O2. The summed E-state index contributed by atoms with van der Waals surface area (Å²) >= 11 is 0. The van der Waals surface area contributed by atoms with Crippen LogP contribution in [-0.2, 0) is 0 Å². The average molecular weight is 234 g/mol. The molecule has 16 heavy (non-hydrogen) atoms. The van der Waals surface area contributed by atoms with Crippen LogP contribution in [0.25, 0.3) is 0 Å². The Morgan fingerprint density at radius 2 is 1.62 bits per heavy atom. The number of alkyl halides is 3. The maximum absolute atomic E-state index is 11.9. The number of aliphatic hydroxyl groups excluding tert-OH is 1. The maximum Gasteiger partial charge on any atom is 0.573 e. The number of hydrogen-bond acceptors (Lipinski definition) is 2. The molecule has 2 nitrogen and oxygen atoms in total. The van der Waals surface area contributed by atoms with Gasteiger partial charge in [0.2, 0.25) is 0 Å². The van der Waals surface area contributed by atoms with Crippen molar-refractivity contribution in [1.82, 2.24) is 0 Å². The van der Waals surface area contributed by atoms with Crippen molar-refractivity contribution in [3.8, 4) is 5.75 Å². The highest BCUT2D eigenvalue weighted by Gasteiger charge is 2.31. The average Bonchev–Trinajstić information content (AvgIpc) is 2.15. The van der Waals surface area contributed by atoms with Crippen LogP contribution in [0.3, 0.4) is 0 Å². The van der Waals surface area contributed by atoms with Crippen molar-refractivity contribution >= 4 is 0 Å². The van der Waals surface area contributed by atoms with Gasteiger partial charge in [-0.15, -0.1) is 13.2 Å². The molecule has 1 aromatic carbocycles. The minimum absolute atomic E-state index is 0.00869. The monoisotopic (exact) mass is 234 g/mol. The summed E-state index contributed by atoms with van der Waals surface area (Å²) in [6, 6.07) is 5.22. The fourth-order valence-electron chi connectivity index (χ4n) is 1.25. The number of rotatable bonds is 3. The van der Waals surface area contributed by atoms with Gasteiger partial charge in [-0.25, -0.2) is 0 Å². The molecule has 1 aromatic rings. The van der Waals surface area contributed by atoms with E-state index < -0.39 is 12.5 Å². The lowest BCUT2D eigenvalue weighted by molar-refractivity contribution is -0.274. The molecule has 0 fully saturated rings. The normalized spacial score (nSPS) is 13.9. The smallest absolute Gasteiger partial charge is 0.406 e. The van der Waals surface area contributed by atoms with Gasteiger partial charge in [0.1, 0.15) is 5.75 Å². The lowest BCUT2D eigenvalue weighted by atomic mass is 9.99. The quantitative estimate of drug-likeness (QED) is 0.869. The Labute approximate surface area is 91.7 Å². The molecule has 1 atom stereocenters. The van der Waals surface area contributed by atoms with Gasteiger partial charge in [-0.2, -0.15) is 0 Å². The van der Waals surface area contributed by atoms with Crippen molar-refractivity contribution in [1.29, 1.82) is 0 Å². The third-order valence-electron chi connectivity index (χ3n) is 2.09. The zero-order chi connectivity index (χ0) is 12.3. The highest BCUT2D eigenvalue weighted by molar-refractivity contribution is 5.28. The number of hydrogen-bond donors (Lipinski definition) is 1. The van der Waals surface area contributed by atoms with Crippen LogP contribution >= 0.6 is 0 Å². The third-order valence-corrected chi connectivity index (χ3v) is 2.09. The second-order valence-electron chi connectivity index (χ2n) is 3.81. The van der Waals surface area contributed by atoms with Gasteiger partial charge in [-0.1, -0.05) is 26.0 Å². The van der Waals surface area contributed by atoms with Gasteiger partial charge in [0.25, 0.3) is 0 Å². The Kier molecular flexibility index (Phi) is 3.80. The first kappa shape index (κ1) is 12.8. The molecule has 0 aliphatic heterocycles. The van der Waals surface area contributed by atoms with Crippen LogP contribution in [0.5, 0.6) is 5.75 Å². The first-order valence-corrected chi connectivity index (χ1v) is 4.83. The molecule has 0 aromatic heterocycles. The minimum Gasteiger partial charge on any atom is -0.406 e. The van der Waals surface area contributed by atoms with Crippen molar-refractivity contribution in [2.45, 2.75) is 26.3 Å². The fourth-order valence-corrected chi connectivity index (χ4v) is 1.25. The van der Waals surface area contributed by atoms with Gasteiger partial charge >= 0.3 is 6.36 Å². The molecule has 0 aliphatic rings. The molecule has 0 saturated heterocycles. The molecule has 90 valence electrons. The molecule has 0 saturated carbocycles. The summed E-state index contributed by atoms with van der Waals surface area (Å²) in [5.41, 5.74) is 0.574. The summed E-state index contributed by atoms with van der Waals surface area (Å²) in [6.45, 7) is 3.65. The number of aliphatic hydroxyl groups is 1. The van der Waals surface area contributed by atoms with E-state index in [1.807, 2.05) is 13.8 Å². The number of halogens is 3. The molecule has 1 rings (SSSR count). The lowest BCUT2D eigenvalue weighted by Crippen LogP contribution is -2.17. The summed E-state index contributed by atoms with van der Waals surface area (Å²) < 4.78 is 39.3. The van der Waals surface area contributed by atoms with Crippen LogP contribution in [0.1, 0.15) is 25.5 Å². The highest BCUT2D eigenvalue weighted by atomic mass is 19.4. The summed E-state index contributed by atoms with van der Waals surface area (Å²) in [4.78, 5) is 0. The Bertz CT molecular complexity index is 330. The summed E-state index contributed by atoms with van der Waals surface area (Å²) in [7, 11) is 0. The van der Waals surface area contributed by atoms with Gasteiger partial charge in [0.05, 0.1) is 6.10 Å². The number of ether oxygens (including phenoxy) is 1. The van der Waals surface area contributed by atoms with Gasteiger partial charge in [-0.3, -0.25) is 0 Å².